The number of hydrogen-bond donors (Lipinski definition) is 8. The number of carbonyl (C=O) groups is 4. The predicted octanol–water partition coefficient (Wildman–Crippen LogP) is -1.64. The number of carbonyl (C=O) groups excluding carboxylic acids is 3. The number of nitrogens with zero attached hydrogens (tertiary/aromatic N) is 2. The fourth-order valence-electron chi connectivity index (χ4n) is 3.47. The van der Waals surface area contributed by atoms with Crippen LogP contribution in [-0.2, 0) is 38.4 Å². The third kappa shape index (κ3) is 8.47. The first kappa shape index (κ1) is 26.9. The molecule has 9 N–H and O–H groups in total. The maximum atomic E-state index is 13.3. The maximum Gasteiger partial charge on any atom is 0.322 e. The van der Waals surface area contributed by atoms with Gasteiger partial charge in [-0.2, -0.15) is 0 Å². The second kappa shape index (κ2) is 12.8. The van der Waals surface area contributed by atoms with E-state index < -0.39 is 48.4 Å². The lowest BCUT2D eigenvalue weighted by molar-refractivity contribution is -0.138. The standard InChI is InChI=1S/C23H28N8O6/c24-17(6-14-8-25-11-28-14)21(35)30-18(5-13-1-3-16(32)4-2-13)23(37)31-19(7-15-9-26-12-29-15)22(36)27-10-20(33)34/h1-4,8-9,11-12,17-19,32H,5-7,10,24H2,(H,25,28)(H,26,29)(H,27,36)(H,30,35)(H,31,37)(H,33,34). The van der Waals surface area contributed by atoms with Gasteiger partial charge in [-0.3, -0.25) is 19.2 Å². The first-order valence-electron chi connectivity index (χ1n) is 11.3. The molecule has 0 aliphatic rings. The van der Waals surface area contributed by atoms with Gasteiger partial charge >= 0.3 is 5.97 Å². The molecular weight excluding hydrogens is 484 g/mol. The number of phenolic OH excluding ortho intramolecular Hbond substituents is 1. The van der Waals surface area contributed by atoms with Gasteiger partial charge in [0.2, 0.25) is 17.7 Å². The van der Waals surface area contributed by atoms with Gasteiger partial charge < -0.3 is 41.9 Å². The summed E-state index contributed by atoms with van der Waals surface area (Å²) >= 11 is 0. The number of nitrogens with two attached hydrogens (primary N) is 1. The first-order valence-corrected chi connectivity index (χ1v) is 11.3. The Labute approximate surface area is 211 Å². The van der Waals surface area contributed by atoms with Crippen LogP contribution in [0.15, 0.2) is 49.3 Å². The smallest absolute Gasteiger partial charge is 0.322 e. The zero-order valence-corrected chi connectivity index (χ0v) is 19.7. The Morgan fingerprint density at radius 2 is 1.41 bits per heavy atom. The topological polar surface area (TPSA) is 228 Å². The minimum atomic E-state index is -1.25. The van der Waals surface area contributed by atoms with Crippen LogP contribution < -0.4 is 21.7 Å². The Morgan fingerprint density at radius 1 is 0.838 bits per heavy atom. The summed E-state index contributed by atoms with van der Waals surface area (Å²) in [6, 6.07) is 2.77. The van der Waals surface area contributed by atoms with E-state index in [-0.39, 0.29) is 25.0 Å². The van der Waals surface area contributed by atoms with E-state index in [1.54, 1.807) is 12.1 Å². The van der Waals surface area contributed by atoms with Gasteiger partial charge in [0, 0.05) is 43.0 Å². The molecule has 0 fully saturated rings. The van der Waals surface area contributed by atoms with Gasteiger partial charge in [0.25, 0.3) is 0 Å². The lowest BCUT2D eigenvalue weighted by Gasteiger charge is -2.24. The quantitative estimate of drug-likeness (QED) is 0.131. The maximum absolute atomic E-state index is 13.3. The van der Waals surface area contributed by atoms with E-state index in [4.69, 9.17) is 10.8 Å². The fourth-order valence-corrected chi connectivity index (χ4v) is 3.47. The molecule has 196 valence electrons. The van der Waals surface area contributed by atoms with E-state index in [1.807, 2.05) is 0 Å². The van der Waals surface area contributed by atoms with Crippen LogP contribution in [-0.4, -0.2) is 78.5 Å². The number of aliphatic carboxylic acids is 1. The molecule has 2 heterocycles. The zero-order valence-electron chi connectivity index (χ0n) is 19.7. The third-order valence-electron chi connectivity index (χ3n) is 5.37. The Balaban J connectivity index is 1.76. The van der Waals surface area contributed by atoms with Crippen LogP contribution in [0.1, 0.15) is 17.0 Å². The van der Waals surface area contributed by atoms with Gasteiger partial charge in [0.05, 0.1) is 18.7 Å². The van der Waals surface area contributed by atoms with Crippen LogP contribution >= 0.6 is 0 Å². The van der Waals surface area contributed by atoms with Crippen molar-refractivity contribution >= 4 is 23.7 Å². The molecule has 0 spiro atoms. The SMILES string of the molecule is NC(Cc1cnc[nH]1)C(=O)NC(Cc1ccc(O)cc1)C(=O)NC(Cc1cnc[nH]1)C(=O)NCC(=O)O. The van der Waals surface area contributed by atoms with E-state index >= 15 is 0 Å². The molecule has 0 radical (unpaired) electrons. The van der Waals surface area contributed by atoms with Crippen molar-refractivity contribution in [2.24, 2.45) is 5.73 Å². The van der Waals surface area contributed by atoms with Gasteiger partial charge in [0.1, 0.15) is 24.4 Å². The normalized spacial score (nSPS) is 13.2. The summed E-state index contributed by atoms with van der Waals surface area (Å²) in [6.45, 7) is -0.635. The first-order chi connectivity index (χ1) is 17.7. The number of hydrogen-bond acceptors (Lipinski definition) is 8. The summed E-state index contributed by atoms with van der Waals surface area (Å²) in [7, 11) is 0. The van der Waals surface area contributed by atoms with E-state index in [9.17, 15) is 24.3 Å². The second-order valence-corrected chi connectivity index (χ2v) is 8.27. The van der Waals surface area contributed by atoms with Crippen LogP contribution in [0.5, 0.6) is 5.75 Å². The fraction of sp³-hybridized carbons (Fsp3) is 0.304. The number of imidazole rings is 2. The number of rotatable bonds is 13. The van der Waals surface area contributed by atoms with Crippen molar-refractivity contribution in [2.45, 2.75) is 37.4 Å². The number of carboxylic acids is 1. The molecular formula is C23H28N8O6. The van der Waals surface area contributed by atoms with Crippen molar-refractivity contribution in [1.29, 1.82) is 0 Å². The van der Waals surface area contributed by atoms with Crippen LogP contribution in [0, 0.1) is 0 Å². The lowest BCUT2D eigenvalue weighted by Crippen LogP contribution is -2.57. The van der Waals surface area contributed by atoms with E-state index in [0.29, 0.717) is 17.0 Å². The predicted molar refractivity (Wildman–Crippen MR) is 129 cm³/mol. The van der Waals surface area contributed by atoms with Gasteiger partial charge in [-0.25, -0.2) is 9.97 Å². The Bertz CT molecular complexity index is 1180. The molecule has 14 heteroatoms. The van der Waals surface area contributed by atoms with Crippen LogP contribution in [0.25, 0.3) is 0 Å². The van der Waals surface area contributed by atoms with Crippen molar-refractivity contribution in [1.82, 2.24) is 35.9 Å². The molecule has 2 aromatic heterocycles. The molecule has 3 unspecified atom stereocenters. The number of phenols is 1. The molecule has 3 atom stereocenters. The average molecular weight is 513 g/mol. The van der Waals surface area contributed by atoms with Crippen molar-refractivity contribution < 1.29 is 29.4 Å². The summed E-state index contributed by atoms with van der Waals surface area (Å²) in [5.41, 5.74) is 7.81. The highest BCUT2D eigenvalue weighted by atomic mass is 16.4. The second-order valence-electron chi connectivity index (χ2n) is 8.27. The third-order valence-corrected chi connectivity index (χ3v) is 5.37. The van der Waals surface area contributed by atoms with Crippen LogP contribution in [0.3, 0.4) is 0 Å². The molecule has 3 amide bonds. The number of carboxylic acid groups (broad SMARTS) is 1. The highest BCUT2D eigenvalue weighted by Crippen LogP contribution is 2.12. The molecule has 14 nitrogen and oxygen atoms in total. The largest absolute Gasteiger partial charge is 0.508 e. The Hall–Kier alpha value is -4.72. The van der Waals surface area contributed by atoms with Crippen LogP contribution in [0.4, 0.5) is 0 Å². The number of aromatic amines is 2. The van der Waals surface area contributed by atoms with Gasteiger partial charge in [-0.1, -0.05) is 12.1 Å². The minimum absolute atomic E-state index is 0.00357. The summed E-state index contributed by atoms with van der Waals surface area (Å²) in [5.74, 6) is -3.23. The van der Waals surface area contributed by atoms with E-state index in [2.05, 4.69) is 35.9 Å². The summed E-state index contributed by atoms with van der Waals surface area (Å²) in [4.78, 5) is 63.2. The monoisotopic (exact) mass is 512 g/mol. The number of benzene rings is 1. The van der Waals surface area contributed by atoms with Crippen molar-refractivity contribution in [3.05, 3.63) is 66.3 Å². The molecule has 0 saturated heterocycles. The number of amides is 3. The number of aromatic hydroxyl groups is 1. The molecule has 0 saturated carbocycles. The molecule has 0 aliphatic heterocycles. The molecule has 1 aromatic carbocycles. The number of aromatic nitrogens is 4. The average Bonchev–Trinajstić information content (AvgIpc) is 3.57. The van der Waals surface area contributed by atoms with E-state index in [0.717, 1.165) is 0 Å². The number of nitrogens with one attached hydrogen (secondary N) is 5. The minimum Gasteiger partial charge on any atom is -0.508 e. The zero-order chi connectivity index (χ0) is 26.8. The van der Waals surface area contributed by atoms with Crippen molar-refractivity contribution in [3.8, 4) is 5.75 Å². The van der Waals surface area contributed by atoms with Crippen LogP contribution in [0.2, 0.25) is 0 Å². The molecule has 3 aromatic rings. The molecule has 0 aliphatic carbocycles. The van der Waals surface area contributed by atoms with E-state index in [1.165, 1.54) is 37.2 Å². The van der Waals surface area contributed by atoms with Crippen molar-refractivity contribution in [2.75, 3.05) is 6.54 Å². The van der Waals surface area contributed by atoms with Gasteiger partial charge in [-0.15, -0.1) is 0 Å². The summed E-state index contributed by atoms with van der Waals surface area (Å²) in [5, 5.41) is 25.9. The highest BCUT2D eigenvalue weighted by Gasteiger charge is 2.29. The molecule has 3 rings (SSSR count). The molecule has 37 heavy (non-hydrogen) atoms. The Kier molecular flexibility index (Phi) is 9.32. The Morgan fingerprint density at radius 3 is 1.97 bits per heavy atom. The summed E-state index contributed by atoms with van der Waals surface area (Å²) in [6.07, 6.45) is 6.03. The van der Waals surface area contributed by atoms with Crippen molar-refractivity contribution in [3.63, 3.8) is 0 Å². The van der Waals surface area contributed by atoms with Gasteiger partial charge in [0.15, 0.2) is 0 Å². The summed E-state index contributed by atoms with van der Waals surface area (Å²) < 4.78 is 0. The van der Waals surface area contributed by atoms with Gasteiger partial charge in [-0.05, 0) is 17.7 Å². The lowest BCUT2D eigenvalue weighted by atomic mass is 10.0. The highest BCUT2D eigenvalue weighted by molar-refractivity contribution is 5.94. The number of H-pyrrole nitrogens is 2. The molecule has 0 bridgehead atoms.